The molecule has 5 heterocycles. The molecule has 4 saturated heterocycles. The first-order valence-electron chi connectivity index (χ1n) is 22.3. The number of aromatic hydroxyl groups is 2. The van der Waals surface area contributed by atoms with Gasteiger partial charge in [0, 0.05) is 18.1 Å². The third-order valence-electron chi connectivity index (χ3n) is 13.2. The van der Waals surface area contributed by atoms with E-state index in [1.165, 1.54) is 74.9 Å². The highest BCUT2D eigenvalue weighted by Gasteiger charge is 2.77. The molecule has 2 aromatic carbocycles. The van der Waals surface area contributed by atoms with Crippen LogP contribution in [0.3, 0.4) is 0 Å². The Morgan fingerprint density at radius 3 is 1.99 bits per heavy atom. The van der Waals surface area contributed by atoms with Crippen LogP contribution in [-0.2, 0) is 57.0 Å². The number of benzene rings is 2. The number of carbonyl (C=O) groups is 2. The summed E-state index contributed by atoms with van der Waals surface area (Å²) < 4.78 is 63.9. The van der Waals surface area contributed by atoms with Crippen LogP contribution in [0.25, 0.3) is 12.2 Å². The molecule has 21 unspecified atom stereocenters. The van der Waals surface area contributed by atoms with Crippen LogP contribution in [0, 0.1) is 11.8 Å². The first-order chi connectivity index (χ1) is 33.5. The van der Waals surface area contributed by atoms with Gasteiger partial charge in [0.2, 0.25) is 6.29 Å². The van der Waals surface area contributed by atoms with E-state index in [4.69, 9.17) is 52.1 Å². The molecule has 0 spiro atoms. The van der Waals surface area contributed by atoms with Crippen LogP contribution in [0.15, 0.2) is 67.0 Å². The van der Waals surface area contributed by atoms with Crippen molar-refractivity contribution in [3.05, 3.63) is 78.1 Å². The van der Waals surface area contributed by atoms with Crippen molar-refractivity contribution >= 4 is 24.1 Å². The minimum Gasteiger partial charge on any atom is -0.508 e. The Kier molecular flexibility index (Phi) is 15.8. The van der Waals surface area contributed by atoms with Crippen molar-refractivity contribution in [1.82, 2.24) is 0 Å². The van der Waals surface area contributed by atoms with Gasteiger partial charge < -0.3 is 108 Å². The molecule has 6 aliphatic rings. The Bertz CT molecular complexity index is 2220. The maximum absolute atomic E-state index is 13.3. The summed E-state index contributed by atoms with van der Waals surface area (Å²) in [4.78, 5) is 26.1. The second kappa shape index (κ2) is 21.5. The first kappa shape index (κ1) is 51.5. The summed E-state index contributed by atoms with van der Waals surface area (Å²) >= 11 is 0. The molecule has 24 nitrogen and oxygen atoms in total. The minimum absolute atomic E-state index is 0.00913. The maximum atomic E-state index is 13.3. The van der Waals surface area contributed by atoms with Crippen LogP contribution in [0.4, 0.5) is 0 Å². The zero-order valence-corrected chi connectivity index (χ0v) is 37.4. The van der Waals surface area contributed by atoms with E-state index < -0.39 is 160 Å². The van der Waals surface area contributed by atoms with Gasteiger partial charge in [-0.1, -0.05) is 18.2 Å². The predicted molar refractivity (Wildman–Crippen MR) is 229 cm³/mol. The summed E-state index contributed by atoms with van der Waals surface area (Å²) in [5.41, 5.74) is -0.409. The molecule has 8 rings (SSSR count). The third-order valence-corrected chi connectivity index (χ3v) is 13.2. The lowest BCUT2D eigenvalue weighted by molar-refractivity contribution is -0.364. The fourth-order valence-corrected chi connectivity index (χ4v) is 9.30. The fourth-order valence-electron chi connectivity index (χ4n) is 9.30. The van der Waals surface area contributed by atoms with Gasteiger partial charge in [0.25, 0.3) is 0 Å². The van der Waals surface area contributed by atoms with E-state index in [1.54, 1.807) is 6.08 Å². The number of epoxide rings is 1. The molecule has 0 aromatic heterocycles. The molecular weight excluding hydrogens is 936 g/mol. The molecule has 11 N–H and O–H groups in total. The highest BCUT2D eigenvalue weighted by Crippen LogP contribution is 2.61. The lowest BCUT2D eigenvalue weighted by Crippen LogP contribution is -2.65. The number of carbonyl (C=O) groups excluding carboxylic acids is 2. The summed E-state index contributed by atoms with van der Waals surface area (Å²) in [6, 6.07) is 10.2. The third kappa shape index (κ3) is 10.4. The smallest absolute Gasteiger partial charge is 0.331 e. The lowest BCUT2D eigenvalue weighted by Gasteiger charge is -2.47. The molecule has 70 heavy (non-hydrogen) atoms. The number of rotatable bonds is 16. The van der Waals surface area contributed by atoms with Crippen molar-refractivity contribution in [3.63, 3.8) is 0 Å². The van der Waals surface area contributed by atoms with Crippen LogP contribution in [0.1, 0.15) is 18.1 Å². The second-order valence-electron chi connectivity index (χ2n) is 17.6. The molecule has 21 atom stereocenters. The highest BCUT2D eigenvalue weighted by molar-refractivity contribution is 5.87. The first-order valence-corrected chi connectivity index (χ1v) is 22.3. The van der Waals surface area contributed by atoms with Gasteiger partial charge in [0.15, 0.2) is 36.5 Å². The van der Waals surface area contributed by atoms with Crippen molar-refractivity contribution in [2.45, 2.75) is 123 Å². The SMILES string of the molecule is COc1cc(C=CC(=O)OCC2OC(OC3C(O)C(OC4C5C=COC(OC6OC(CO)C(O)C(O)C6O)C5C5(CO)OC45)OC(C)C3OC(=O)C=Cc3ccc(O)cc3)C(O)C(O)C2O)ccc1O. The number of phenols is 2. The van der Waals surface area contributed by atoms with Crippen LogP contribution in [0.5, 0.6) is 17.2 Å². The average molecular weight is 993 g/mol. The topological polar surface area (TPSA) is 362 Å². The van der Waals surface area contributed by atoms with Crippen molar-refractivity contribution in [2.24, 2.45) is 11.8 Å². The van der Waals surface area contributed by atoms with Gasteiger partial charge in [-0.05, 0) is 60.5 Å². The van der Waals surface area contributed by atoms with Gasteiger partial charge in [0.1, 0.15) is 85.1 Å². The molecule has 0 radical (unpaired) electrons. The zero-order chi connectivity index (χ0) is 50.2. The Hall–Kier alpha value is -4.84. The monoisotopic (exact) mass is 992 g/mol. The van der Waals surface area contributed by atoms with Gasteiger partial charge in [-0.3, -0.25) is 0 Å². The number of aliphatic hydroxyl groups is 9. The van der Waals surface area contributed by atoms with E-state index in [0.29, 0.717) is 11.1 Å². The molecular formula is C46H56O24. The van der Waals surface area contributed by atoms with Crippen molar-refractivity contribution < 1.29 is 118 Å². The largest absolute Gasteiger partial charge is 0.508 e. The summed E-state index contributed by atoms with van der Waals surface area (Å²) in [6.45, 7) is -0.538. The molecule has 2 aromatic rings. The quantitative estimate of drug-likeness (QED) is 0.0454. The molecule has 5 aliphatic heterocycles. The van der Waals surface area contributed by atoms with E-state index in [-0.39, 0.29) is 17.2 Å². The number of ether oxygens (including phenoxy) is 11. The van der Waals surface area contributed by atoms with Crippen LogP contribution in [0.2, 0.25) is 0 Å². The van der Waals surface area contributed by atoms with E-state index in [1.807, 2.05) is 0 Å². The van der Waals surface area contributed by atoms with Gasteiger partial charge in [-0.2, -0.15) is 0 Å². The average Bonchev–Trinajstić information content (AvgIpc) is 4.03. The lowest BCUT2D eigenvalue weighted by atomic mass is 9.85. The Labute approximate surface area is 398 Å². The van der Waals surface area contributed by atoms with Crippen molar-refractivity contribution in [3.8, 4) is 17.2 Å². The standard InChI is InChI=1S/C46H56O24/c1-19-38(66-29(52)12-6-20-3-8-22(49)9-4-20)40(68-43-35(57)34(56)32(54)27(65-43)17-62-28(51)11-7-21-5-10-24(50)25(15-21)60-2)37(59)45(63-19)67-39-23-13-14-61-42(30(23)46(18-48)41(39)70-46)69-44-36(58)33(55)31(53)26(16-47)64-44/h3-15,19,23,26-27,30-45,47-50,53-59H,16-18H2,1-2H3. The van der Waals surface area contributed by atoms with Gasteiger partial charge >= 0.3 is 11.9 Å². The molecule has 0 bridgehead atoms. The molecule has 0 amide bonds. The number of esters is 2. The molecule has 384 valence electrons. The Balaban J connectivity index is 0.998. The summed E-state index contributed by atoms with van der Waals surface area (Å²) in [5.74, 6) is -3.48. The van der Waals surface area contributed by atoms with Gasteiger partial charge in [0.05, 0.1) is 44.7 Å². The molecule has 24 heteroatoms. The number of methoxy groups -OCH3 is 1. The number of hydrogen-bond acceptors (Lipinski definition) is 24. The zero-order valence-electron chi connectivity index (χ0n) is 37.4. The highest BCUT2D eigenvalue weighted by atomic mass is 16.8. The maximum Gasteiger partial charge on any atom is 0.331 e. The number of hydrogen-bond donors (Lipinski definition) is 11. The molecule has 5 fully saturated rings. The van der Waals surface area contributed by atoms with Crippen LogP contribution in [-0.4, -0.2) is 211 Å². The van der Waals surface area contributed by atoms with E-state index in [2.05, 4.69) is 0 Å². The van der Waals surface area contributed by atoms with Crippen molar-refractivity contribution in [2.75, 3.05) is 26.9 Å². The molecule has 1 aliphatic carbocycles. The summed E-state index contributed by atoms with van der Waals surface area (Å²) in [6.07, 6.45) is -20.9. The Morgan fingerprint density at radius 2 is 1.30 bits per heavy atom. The number of fused-ring (bicyclic) bond motifs is 3. The fraction of sp³-hybridized carbons (Fsp3) is 0.565. The van der Waals surface area contributed by atoms with E-state index >= 15 is 0 Å². The summed E-state index contributed by atoms with van der Waals surface area (Å²) in [5, 5.41) is 116. The van der Waals surface area contributed by atoms with E-state index in [9.17, 15) is 65.8 Å². The normalized spacial score (nSPS) is 41.1. The predicted octanol–water partition coefficient (Wildman–Crippen LogP) is -2.97. The summed E-state index contributed by atoms with van der Waals surface area (Å²) in [7, 11) is 1.35. The van der Waals surface area contributed by atoms with Crippen molar-refractivity contribution in [1.29, 1.82) is 0 Å². The van der Waals surface area contributed by atoms with Crippen LogP contribution < -0.4 is 4.74 Å². The van der Waals surface area contributed by atoms with E-state index in [0.717, 1.165) is 12.2 Å². The minimum atomic E-state index is -2.00. The Morgan fingerprint density at radius 1 is 0.686 bits per heavy atom. The molecule has 1 saturated carbocycles. The number of phenolic OH excluding ortho intramolecular Hbond substituents is 2. The van der Waals surface area contributed by atoms with Gasteiger partial charge in [-0.15, -0.1) is 0 Å². The number of aliphatic hydroxyl groups excluding tert-OH is 9. The van der Waals surface area contributed by atoms with Crippen LogP contribution >= 0.6 is 0 Å². The second-order valence-corrected chi connectivity index (χ2v) is 17.6. The van der Waals surface area contributed by atoms with Gasteiger partial charge in [-0.25, -0.2) is 9.59 Å².